The zero-order valence-corrected chi connectivity index (χ0v) is 18.4. The van der Waals surface area contributed by atoms with E-state index in [0.717, 1.165) is 57.8 Å². The predicted octanol–water partition coefficient (Wildman–Crippen LogP) is 3.04. The highest BCUT2D eigenvalue weighted by Gasteiger charge is 2.63. The highest BCUT2D eigenvalue weighted by Crippen LogP contribution is 2.69. The molecule has 5 nitrogen and oxygen atoms in total. The molecule has 28 heavy (non-hydrogen) atoms. The fraction of sp³-hybridized carbons (Fsp3) is 0.913. The van der Waals surface area contributed by atoms with Gasteiger partial charge < -0.3 is 10.2 Å². The second kappa shape index (κ2) is 7.00. The van der Waals surface area contributed by atoms with Crippen LogP contribution >= 0.6 is 0 Å². The Labute approximate surface area is 170 Å². The summed E-state index contributed by atoms with van der Waals surface area (Å²) in [5.41, 5.74) is 0.651. The molecule has 0 spiro atoms. The van der Waals surface area contributed by atoms with E-state index in [9.17, 15) is 9.59 Å². The Hall–Kier alpha value is -1.10. The maximum Gasteiger partial charge on any atom is 0.234 e. The summed E-state index contributed by atoms with van der Waals surface area (Å²) in [6.45, 7) is 12.6. The molecule has 1 aliphatic heterocycles. The molecule has 5 heteroatoms. The van der Waals surface area contributed by atoms with E-state index in [1.54, 1.807) is 0 Å². The summed E-state index contributed by atoms with van der Waals surface area (Å²) in [6, 6.07) is 0.231. The van der Waals surface area contributed by atoms with Crippen LogP contribution in [0.15, 0.2) is 0 Å². The molecule has 2 amide bonds. The molecule has 0 aromatic carbocycles. The first-order valence-corrected chi connectivity index (χ1v) is 11.5. The van der Waals surface area contributed by atoms with Crippen LogP contribution in [0.5, 0.6) is 0 Å². The van der Waals surface area contributed by atoms with E-state index in [0.29, 0.717) is 23.3 Å². The smallest absolute Gasteiger partial charge is 0.234 e. The fourth-order valence-electron chi connectivity index (χ4n) is 7.76. The van der Waals surface area contributed by atoms with E-state index in [1.165, 1.54) is 19.3 Å². The van der Waals surface area contributed by atoms with E-state index in [4.69, 9.17) is 0 Å². The van der Waals surface area contributed by atoms with Gasteiger partial charge in [0.05, 0.1) is 12.0 Å². The number of amides is 2. The van der Waals surface area contributed by atoms with E-state index in [-0.39, 0.29) is 17.4 Å². The Kier molecular flexibility index (Phi) is 5.05. The molecule has 3 unspecified atom stereocenters. The lowest BCUT2D eigenvalue weighted by Crippen LogP contribution is -2.62. The fourth-order valence-corrected chi connectivity index (χ4v) is 7.76. The van der Waals surface area contributed by atoms with Crippen LogP contribution in [0, 0.1) is 22.2 Å². The Morgan fingerprint density at radius 1 is 1.00 bits per heavy atom. The quantitative estimate of drug-likeness (QED) is 0.786. The van der Waals surface area contributed by atoms with E-state index in [2.05, 4.69) is 35.9 Å². The van der Waals surface area contributed by atoms with Crippen LogP contribution in [-0.2, 0) is 9.59 Å². The summed E-state index contributed by atoms with van der Waals surface area (Å²) >= 11 is 0. The minimum atomic E-state index is -0.0982. The standard InChI is InChI=1S/C23H39N3O2/c1-5-17(2)24-19(27)13-25-6-8-26(9-7-25)20(28)23-12-18-10-21(3,15-23)14-22(4,11-18)16-23/h17-18H,5-16H2,1-4H3,(H,24,27). The number of hydrogen-bond donors (Lipinski definition) is 1. The Morgan fingerprint density at radius 3 is 2.14 bits per heavy atom. The van der Waals surface area contributed by atoms with Gasteiger partial charge in [-0.3, -0.25) is 14.5 Å². The summed E-state index contributed by atoms with van der Waals surface area (Å²) in [5.74, 6) is 1.29. The molecule has 3 atom stereocenters. The van der Waals surface area contributed by atoms with Crippen LogP contribution in [0.25, 0.3) is 0 Å². The van der Waals surface area contributed by atoms with Crippen LogP contribution in [0.4, 0.5) is 0 Å². The maximum atomic E-state index is 13.7. The van der Waals surface area contributed by atoms with Crippen LogP contribution < -0.4 is 5.32 Å². The summed E-state index contributed by atoms with van der Waals surface area (Å²) in [4.78, 5) is 30.2. The first-order chi connectivity index (χ1) is 13.1. The van der Waals surface area contributed by atoms with Crippen molar-refractivity contribution in [3.8, 4) is 0 Å². The Bertz CT molecular complexity index is 622. The lowest BCUT2D eigenvalue weighted by atomic mass is 9.40. The number of nitrogens with one attached hydrogen (secondary N) is 1. The summed E-state index contributed by atoms with van der Waals surface area (Å²) < 4.78 is 0. The molecule has 0 aromatic heterocycles. The van der Waals surface area contributed by atoms with Gasteiger partial charge in [-0.25, -0.2) is 0 Å². The number of piperazine rings is 1. The molecule has 4 saturated carbocycles. The minimum Gasteiger partial charge on any atom is -0.353 e. The third-order valence-corrected chi connectivity index (χ3v) is 8.13. The highest BCUT2D eigenvalue weighted by atomic mass is 16.2. The molecule has 1 saturated heterocycles. The lowest BCUT2D eigenvalue weighted by molar-refractivity contribution is -0.180. The Morgan fingerprint density at radius 2 is 1.61 bits per heavy atom. The van der Waals surface area contributed by atoms with Crippen molar-refractivity contribution < 1.29 is 9.59 Å². The molecule has 5 aliphatic rings. The zero-order chi connectivity index (χ0) is 20.2. The zero-order valence-electron chi connectivity index (χ0n) is 18.4. The lowest BCUT2D eigenvalue weighted by Gasteiger charge is -2.65. The molecule has 0 aromatic rings. The van der Waals surface area contributed by atoms with Gasteiger partial charge in [-0.15, -0.1) is 0 Å². The van der Waals surface area contributed by atoms with Gasteiger partial charge in [0.25, 0.3) is 0 Å². The molecule has 4 aliphatic carbocycles. The summed E-state index contributed by atoms with van der Waals surface area (Å²) in [7, 11) is 0. The number of rotatable bonds is 5. The van der Waals surface area contributed by atoms with Crippen LogP contribution in [0.1, 0.15) is 72.6 Å². The van der Waals surface area contributed by atoms with Crippen molar-refractivity contribution in [3.05, 3.63) is 0 Å². The summed E-state index contributed by atoms with van der Waals surface area (Å²) in [6.07, 6.45) is 8.24. The predicted molar refractivity (Wildman–Crippen MR) is 111 cm³/mol. The van der Waals surface area contributed by atoms with Gasteiger partial charge in [0.2, 0.25) is 11.8 Å². The largest absolute Gasteiger partial charge is 0.353 e. The third kappa shape index (κ3) is 3.71. The minimum absolute atomic E-state index is 0.0982. The first-order valence-electron chi connectivity index (χ1n) is 11.5. The number of nitrogens with zero attached hydrogens (tertiary/aromatic N) is 2. The molecular weight excluding hydrogens is 350 g/mol. The van der Waals surface area contributed by atoms with Gasteiger partial charge in [0.1, 0.15) is 0 Å². The average molecular weight is 390 g/mol. The van der Waals surface area contributed by atoms with E-state index < -0.39 is 0 Å². The van der Waals surface area contributed by atoms with Crippen molar-refractivity contribution in [2.24, 2.45) is 22.2 Å². The van der Waals surface area contributed by atoms with Crippen LogP contribution in [-0.4, -0.2) is 60.4 Å². The number of hydrogen-bond acceptors (Lipinski definition) is 3. The number of carbonyl (C=O) groups excluding carboxylic acids is 2. The van der Waals surface area contributed by atoms with Gasteiger partial charge in [0, 0.05) is 32.2 Å². The van der Waals surface area contributed by atoms with E-state index >= 15 is 0 Å². The van der Waals surface area contributed by atoms with Gasteiger partial charge in [0.15, 0.2) is 0 Å². The normalized spacial score (nSPS) is 41.1. The maximum absolute atomic E-state index is 13.7. The molecule has 1 N–H and O–H groups in total. The first kappa shape index (κ1) is 20.2. The van der Waals surface area contributed by atoms with Crippen molar-refractivity contribution in [2.45, 2.75) is 78.7 Å². The molecule has 0 radical (unpaired) electrons. The number of carbonyl (C=O) groups is 2. The second-order valence-electron chi connectivity index (χ2n) is 11.4. The molecular formula is C23H39N3O2. The molecule has 1 heterocycles. The van der Waals surface area contributed by atoms with Crippen molar-refractivity contribution in [3.63, 3.8) is 0 Å². The van der Waals surface area contributed by atoms with Gasteiger partial charge in [-0.05, 0) is 68.6 Å². The van der Waals surface area contributed by atoms with Crippen molar-refractivity contribution in [2.75, 3.05) is 32.7 Å². The van der Waals surface area contributed by atoms with Gasteiger partial charge >= 0.3 is 0 Å². The van der Waals surface area contributed by atoms with Crippen molar-refractivity contribution in [1.29, 1.82) is 0 Å². The van der Waals surface area contributed by atoms with Crippen LogP contribution in [0.2, 0.25) is 0 Å². The SMILES string of the molecule is CCC(C)NC(=O)CN1CCN(C(=O)C23CC4CC(C)(CC(C)(C4)C2)C3)CC1. The average Bonchev–Trinajstić information content (AvgIpc) is 2.58. The molecule has 4 bridgehead atoms. The monoisotopic (exact) mass is 389 g/mol. The van der Waals surface area contributed by atoms with Gasteiger partial charge in [-0.2, -0.15) is 0 Å². The Balaban J connectivity index is 1.35. The third-order valence-electron chi connectivity index (χ3n) is 8.13. The van der Waals surface area contributed by atoms with Crippen LogP contribution in [0.3, 0.4) is 0 Å². The molecule has 5 fully saturated rings. The molecule has 158 valence electrons. The van der Waals surface area contributed by atoms with Gasteiger partial charge in [-0.1, -0.05) is 20.8 Å². The van der Waals surface area contributed by atoms with E-state index in [1.807, 2.05) is 6.92 Å². The topological polar surface area (TPSA) is 52.7 Å². The van der Waals surface area contributed by atoms with Crippen molar-refractivity contribution >= 4 is 11.8 Å². The highest BCUT2D eigenvalue weighted by molar-refractivity contribution is 5.84. The molecule has 5 rings (SSSR count). The van der Waals surface area contributed by atoms with Crippen molar-refractivity contribution in [1.82, 2.24) is 15.1 Å². The second-order valence-corrected chi connectivity index (χ2v) is 11.4. The summed E-state index contributed by atoms with van der Waals surface area (Å²) in [5, 5.41) is 3.05.